The molecule has 0 aliphatic heterocycles. The number of nitrogens with zero attached hydrogens (tertiary/aromatic N) is 3. The van der Waals surface area contributed by atoms with Crippen LogP contribution in [0.4, 0.5) is 5.82 Å². The molecule has 7 nitrogen and oxygen atoms in total. The molecule has 0 unspecified atom stereocenters. The third-order valence-corrected chi connectivity index (χ3v) is 3.72. The summed E-state index contributed by atoms with van der Waals surface area (Å²) in [5.41, 5.74) is 1.80. The van der Waals surface area contributed by atoms with E-state index in [-0.39, 0.29) is 17.7 Å². The average molecular weight is 301 g/mol. The molecule has 0 atom stereocenters. The van der Waals surface area contributed by atoms with Gasteiger partial charge in [-0.2, -0.15) is 5.10 Å². The number of aromatic nitrogens is 3. The van der Waals surface area contributed by atoms with Crippen LogP contribution in [0, 0.1) is 5.92 Å². The molecule has 1 aliphatic carbocycles. The van der Waals surface area contributed by atoms with Gasteiger partial charge >= 0.3 is 0 Å². The van der Waals surface area contributed by atoms with Gasteiger partial charge in [-0.05, 0) is 19.3 Å². The molecule has 0 aromatic carbocycles. The van der Waals surface area contributed by atoms with Crippen LogP contribution in [0.25, 0.3) is 5.65 Å². The van der Waals surface area contributed by atoms with Crippen LogP contribution in [0.15, 0.2) is 12.3 Å². The molecule has 2 aromatic rings. The second-order valence-corrected chi connectivity index (χ2v) is 5.52. The Morgan fingerprint density at radius 1 is 1.41 bits per heavy atom. The van der Waals surface area contributed by atoms with Gasteiger partial charge in [0.2, 0.25) is 5.91 Å². The average Bonchev–Trinajstić information content (AvgIpc) is 3.27. The summed E-state index contributed by atoms with van der Waals surface area (Å²) >= 11 is 0. The first-order valence-electron chi connectivity index (χ1n) is 7.54. The van der Waals surface area contributed by atoms with Crippen molar-refractivity contribution < 1.29 is 9.59 Å². The monoisotopic (exact) mass is 301 g/mol. The number of carbonyl (C=O) groups is 2. The Bertz CT molecular complexity index is 733. The minimum Gasteiger partial charge on any atom is -0.355 e. The van der Waals surface area contributed by atoms with E-state index in [1.807, 2.05) is 6.07 Å². The van der Waals surface area contributed by atoms with Crippen LogP contribution in [0.2, 0.25) is 0 Å². The largest absolute Gasteiger partial charge is 0.355 e. The summed E-state index contributed by atoms with van der Waals surface area (Å²) in [5, 5.41) is 9.68. The molecule has 0 spiro atoms. The number of nitrogens with one attached hydrogen (secondary N) is 2. The van der Waals surface area contributed by atoms with E-state index < -0.39 is 0 Å². The van der Waals surface area contributed by atoms with Gasteiger partial charge in [0.25, 0.3) is 5.91 Å². The molecule has 1 aliphatic rings. The highest BCUT2D eigenvalue weighted by atomic mass is 16.2. The predicted octanol–water partition coefficient (Wildman–Crippen LogP) is 1.39. The molecule has 2 amide bonds. The van der Waals surface area contributed by atoms with Crippen molar-refractivity contribution in [2.75, 3.05) is 12.4 Å². The third-order valence-electron chi connectivity index (χ3n) is 3.72. The van der Waals surface area contributed by atoms with Crippen molar-refractivity contribution in [2.24, 2.45) is 5.92 Å². The normalized spacial score (nSPS) is 14.1. The Hall–Kier alpha value is -2.44. The van der Waals surface area contributed by atoms with Gasteiger partial charge in [-0.15, -0.1) is 0 Å². The van der Waals surface area contributed by atoms with Crippen molar-refractivity contribution in [2.45, 2.75) is 32.6 Å². The van der Waals surface area contributed by atoms with Crippen molar-refractivity contribution in [3.05, 3.63) is 23.5 Å². The maximum absolute atomic E-state index is 11.9. The summed E-state index contributed by atoms with van der Waals surface area (Å²) in [6.07, 6.45) is 5.11. The number of anilines is 1. The molecule has 1 saturated carbocycles. The zero-order chi connectivity index (χ0) is 15.7. The van der Waals surface area contributed by atoms with Gasteiger partial charge in [0.15, 0.2) is 5.65 Å². The zero-order valence-electron chi connectivity index (χ0n) is 12.7. The summed E-state index contributed by atoms with van der Waals surface area (Å²) in [4.78, 5) is 28.3. The fourth-order valence-electron chi connectivity index (χ4n) is 2.39. The van der Waals surface area contributed by atoms with E-state index in [9.17, 15) is 9.59 Å². The van der Waals surface area contributed by atoms with Crippen molar-refractivity contribution in [1.82, 2.24) is 19.9 Å². The van der Waals surface area contributed by atoms with E-state index in [0.29, 0.717) is 17.0 Å². The summed E-state index contributed by atoms with van der Waals surface area (Å²) in [6.45, 7) is 2.07. The standard InChI is InChI=1S/C15H19N5O2/c1-3-4-10-7-12(19-14(21)9-5-6-9)18-13-11(15(22)16-2)8-17-20(10)13/h7-9H,3-6H2,1-2H3,(H,16,22)(H,18,19,21). The van der Waals surface area contributed by atoms with Crippen LogP contribution in [0.1, 0.15) is 42.2 Å². The van der Waals surface area contributed by atoms with Gasteiger partial charge < -0.3 is 10.6 Å². The number of fused-ring (bicyclic) bond motifs is 1. The molecule has 0 radical (unpaired) electrons. The minimum atomic E-state index is -0.240. The highest BCUT2D eigenvalue weighted by molar-refractivity contribution is 6.00. The fourth-order valence-corrected chi connectivity index (χ4v) is 2.39. The second kappa shape index (κ2) is 5.75. The lowest BCUT2D eigenvalue weighted by atomic mass is 10.2. The summed E-state index contributed by atoms with van der Waals surface area (Å²) in [5.74, 6) is 0.352. The molecule has 22 heavy (non-hydrogen) atoms. The van der Waals surface area contributed by atoms with Crippen molar-refractivity contribution in [3.8, 4) is 0 Å². The summed E-state index contributed by atoms with van der Waals surface area (Å²) in [6, 6.07) is 1.83. The number of amides is 2. The molecule has 7 heteroatoms. The van der Waals surface area contributed by atoms with Crippen LogP contribution >= 0.6 is 0 Å². The predicted molar refractivity (Wildman–Crippen MR) is 81.7 cm³/mol. The molecule has 3 rings (SSSR count). The number of hydrogen-bond acceptors (Lipinski definition) is 4. The smallest absolute Gasteiger partial charge is 0.256 e. The van der Waals surface area contributed by atoms with Crippen LogP contribution in [-0.4, -0.2) is 33.5 Å². The Balaban J connectivity index is 2.04. The lowest BCUT2D eigenvalue weighted by Crippen LogP contribution is -2.19. The van der Waals surface area contributed by atoms with Crippen molar-refractivity contribution >= 4 is 23.3 Å². The Morgan fingerprint density at radius 3 is 2.82 bits per heavy atom. The van der Waals surface area contributed by atoms with Gasteiger partial charge in [0, 0.05) is 24.7 Å². The number of aryl methyl sites for hydroxylation is 1. The molecule has 116 valence electrons. The lowest BCUT2D eigenvalue weighted by Gasteiger charge is -2.09. The molecule has 0 saturated heterocycles. The zero-order valence-corrected chi connectivity index (χ0v) is 12.7. The lowest BCUT2D eigenvalue weighted by molar-refractivity contribution is -0.117. The summed E-state index contributed by atoms with van der Waals surface area (Å²) < 4.78 is 1.67. The fraction of sp³-hybridized carbons (Fsp3) is 0.467. The molecular formula is C15H19N5O2. The maximum atomic E-state index is 11.9. The van der Waals surface area contributed by atoms with Gasteiger partial charge in [0.1, 0.15) is 11.4 Å². The van der Waals surface area contributed by atoms with Crippen molar-refractivity contribution in [3.63, 3.8) is 0 Å². The number of rotatable bonds is 5. The molecule has 0 bridgehead atoms. The first-order chi connectivity index (χ1) is 10.6. The van der Waals surface area contributed by atoms with Crippen LogP contribution in [0.5, 0.6) is 0 Å². The van der Waals surface area contributed by atoms with E-state index in [1.54, 1.807) is 11.6 Å². The van der Waals surface area contributed by atoms with Crippen LogP contribution < -0.4 is 10.6 Å². The maximum Gasteiger partial charge on any atom is 0.256 e. The highest BCUT2D eigenvalue weighted by Gasteiger charge is 2.30. The molecule has 2 aromatic heterocycles. The van der Waals surface area contributed by atoms with E-state index in [1.165, 1.54) is 6.20 Å². The number of carbonyl (C=O) groups excluding carboxylic acids is 2. The first-order valence-corrected chi connectivity index (χ1v) is 7.54. The van der Waals surface area contributed by atoms with Gasteiger partial charge in [-0.25, -0.2) is 9.50 Å². The molecule has 2 heterocycles. The Kier molecular flexibility index (Phi) is 3.79. The van der Waals surface area contributed by atoms with Gasteiger partial charge in [-0.3, -0.25) is 9.59 Å². The van der Waals surface area contributed by atoms with E-state index in [4.69, 9.17) is 0 Å². The van der Waals surface area contributed by atoms with E-state index in [0.717, 1.165) is 31.4 Å². The Labute approximate surface area is 128 Å². The van der Waals surface area contributed by atoms with E-state index >= 15 is 0 Å². The first kappa shape index (κ1) is 14.5. The number of hydrogen-bond donors (Lipinski definition) is 2. The third kappa shape index (κ3) is 2.66. The molecule has 2 N–H and O–H groups in total. The quantitative estimate of drug-likeness (QED) is 0.873. The summed E-state index contributed by atoms with van der Waals surface area (Å²) in [7, 11) is 1.57. The topological polar surface area (TPSA) is 88.4 Å². The highest BCUT2D eigenvalue weighted by Crippen LogP contribution is 2.30. The van der Waals surface area contributed by atoms with E-state index in [2.05, 4.69) is 27.6 Å². The van der Waals surface area contributed by atoms with Gasteiger partial charge in [-0.1, -0.05) is 13.3 Å². The van der Waals surface area contributed by atoms with Crippen LogP contribution in [0.3, 0.4) is 0 Å². The van der Waals surface area contributed by atoms with Crippen molar-refractivity contribution in [1.29, 1.82) is 0 Å². The van der Waals surface area contributed by atoms with Gasteiger partial charge in [0.05, 0.1) is 6.20 Å². The molecular weight excluding hydrogens is 282 g/mol. The SMILES string of the molecule is CCCc1cc(NC(=O)C2CC2)nc2c(C(=O)NC)cnn12. The van der Waals surface area contributed by atoms with Crippen LogP contribution in [-0.2, 0) is 11.2 Å². The second-order valence-electron chi connectivity index (χ2n) is 5.52. The molecule has 1 fully saturated rings. The Morgan fingerprint density at radius 2 is 2.18 bits per heavy atom. The minimum absolute atomic E-state index is 0.000284.